The van der Waals surface area contributed by atoms with E-state index < -0.39 is 0 Å². The zero-order valence-corrected chi connectivity index (χ0v) is 73.7. The van der Waals surface area contributed by atoms with E-state index in [2.05, 4.69) is 473 Å². The molecule has 26 aromatic rings. The molecule has 0 aliphatic carbocycles. The van der Waals surface area contributed by atoms with E-state index in [4.69, 9.17) is 29.9 Å². The molecule has 0 saturated heterocycles. The number of para-hydroxylation sites is 6. The molecule has 26 rings (SSSR count). The standard InChI is InChI=1S/C126H80N10/c1-8-34-81(35-9-1)86-64-66-91(67-65-86)123-127-121(89-44-18-6-19-45-89)129-125(131-123)135-111-58-32-26-52-105(111)119-115(135)70-68-113-117(119)103-50-24-31-57-110(103)134(113)108-55-29-23-49-102(108)99-77-94(84-40-14-4-15-41-84)73-95(78-99)87-60-62-88(63-61-87)97-74-96(85-42-16-5-17-43-85)79-100(80-97)124-128-122(90-46-20-7-21-47-90)130-126(132-124)136-112-59-33-27-53-106(112)120-116(136)71-69-114-118(120)104-51-25-30-56-109(104)133(114)107-54-28-22-48-101(107)98-75-92(82-36-10-2-11-37-82)72-93(76-98)83-38-12-3-13-39-83/h1-80H. The van der Waals surface area contributed by atoms with Crippen LogP contribution in [0, 0.1) is 0 Å². The molecule has 0 fully saturated rings. The summed E-state index contributed by atoms with van der Waals surface area (Å²) in [6.45, 7) is 0. The van der Waals surface area contributed by atoms with Crippen molar-refractivity contribution >= 4 is 87.2 Å². The number of fused-ring (bicyclic) bond motifs is 14. The van der Waals surface area contributed by atoms with E-state index in [0.717, 1.165) is 221 Å². The van der Waals surface area contributed by atoms with Crippen LogP contribution in [0.4, 0.5) is 0 Å². The highest BCUT2D eigenvalue weighted by Gasteiger charge is 2.29. The maximum Gasteiger partial charge on any atom is 0.238 e. The summed E-state index contributed by atoms with van der Waals surface area (Å²) < 4.78 is 9.43. The fourth-order valence-electron chi connectivity index (χ4n) is 20.6. The van der Waals surface area contributed by atoms with Gasteiger partial charge in [-0.1, -0.05) is 370 Å². The average Bonchev–Trinajstić information content (AvgIpc) is 1.54. The first-order valence-corrected chi connectivity index (χ1v) is 46.1. The van der Waals surface area contributed by atoms with Crippen LogP contribution in [-0.4, -0.2) is 48.2 Å². The van der Waals surface area contributed by atoms with E-state index in [1.165, 1.54) is 0 Å². The van der Waals surface area contributed by atoms with Gasteiger partial charge in [0.2, 0.25) is 11.9 Å². The van der Waals surface area contributed by atoms with Crippen LogP contribution < -0.4 is 0 Å². The van der Waals surface area contributed by atoms with Crippen LogP contribution in [0.3, 0.4) is 0 Å². The molecule has 0 amide bonds. The number of hydrogen-bond donors (Lipinski definition) is 0. The van der Waals surface area contributed by atoms with Crippen molar-refractivity contribution in [2.75, 3.05) is 0 Å². The fourth-order valence-corrected chi connectivity index (χ4v) is 20.6. The normalized spacial score (nSPS) is 11.7. The molecule has 6 aromatic heterocycles. The highest BCUT2D eigenvalue weighted by atomic mass is 15.2. The maximum atomic E-state index is 5.70. The molecule has 0 saturated carbocycles. The second-order valence-corrected chi connectivity index (χ2v) is 34.8. The lowest BCUT2D eigenvalue weighted by molar-refractivity contribution is 0.953. The third-order valence-corrected chi connectivity index (χ3v) is 26.9. The Labute approximate surface area is 784 Å². The summed E-state index contributed by atoms with van der Waals surface area (Å²) in [5.41, 5.74) is 33.9. The van der Waals surface area contributed by atoms with Crippen molar-refractivity contribution < 1.29 is 0 Å². The topological polar surface area (TPSA) is 97.1 Å². The molecule has 10 nitrogen and oxygen atoms in total. The van der Waals surface area contributed by atoms with Gasteiger partial charge in [0, 0.05) is 76.5 Å². The van der Waals surface area contributed by atoms with Crippen molar-refractivity contribution in [3.05, 3.63) is 485 Å². The lowest BCUT2D eigenvalue weighted by Gasteiger charge is -2.17. The Morgan fingerprint density at radius 2 is 0.324 bits per heavy atom. The van der Waals surface area contributed by atoms with Crippen LogP contribution in [-0.2, 0) is 0 Å². The zero-order chi connectivity index (χ0) is 89.7. The molecule has 0 aliphatic heterocycles. The summed E-state index contributed by atoms with van der Waals surface area (Å²) in [5.74, 6) is 3.33. The third kappa shape index (κ3) is 13.6. The number of nitrogens with zero attached hydrogens (tertiary/aromatic N) is 10. The Bertz CT molecular complexity index is 9110. The Morgan fingerprint density at radius 1 is 0.125 bits per heavy atom. The lowest BCUT2D eigenvalue weighted by atomic mass is 9.91. The lowest BCUT2D eigenvalue weighted by Crippen LogP contribution is -2.06. The minimum atomic E-state index is 0.510. The molecule has 0 radical (unpaired) electrons. The monoisotopic (exact) mass is 1730 g/mol. The molecule has 0 atom stereocenters. The smallest absolute Gasteiger partial charge is 0.238 e. The van der Waals surface area contributed by atoms with E-state index in [0.29, 0.717) is 35.2 Å². The van der Waals surface area contributed by atoms with Gasteiger partial charge >= 0.3 is 0 Å². The average molecular weight is 1730 g/mol. The molecular weight excluding hydrogens is 1650 g/mol. The summed E-state index contributed by atoms with van der Waals surface area (Å²) in [6.07, 6.45) is 0. The molecule has 10 heteroatoms. The zero-order valence-electron chi connectivity index (χ0n) is 73.7. The maximum absolute atomic E-state index is 5.70. The predicted octanol–water partition coefficient (Wildman–Crippen LogP) is 32.1. The first-order chi connectivity index (χ1) is 67.4. The van der Waals surface area contributed by atoms with Gasteiger partial charge in [-0.15, -0.1) is 0 Å². The number of rotatable bonds is 17. The molecule has 634 valence electrons. The minimum Gasteiger partial charge on any atom is -0.309 e. The van der Waals surface area contributed by atoms with Crippen LogP contribution >= 0.6 is 0 Å². The Balaban J connectivity index is 0.592. The van der Waals surface area contributed by atoms with Crippen molar-refractivity contribution in [2.24, 2.45) is 0 Å². The molecule has 20 aromatic carbocycles. The summed E-state index contributed by atoms with van der Waals surface area (Å²) in [4.78, 5) is 32.7. The minimum absolute atomic E-state index is 0.510. The van der Waals surface area contributed by atoms with Crippen molar-refractivity contribution in [3.63, 3.8) is 0 Å². The molecule has 6 heterocycles. The summed E-state index contributed by atoms with van der Waals surface area (Å²) in [6, 6.07) is 174. The van der Waals surface area contributed by atoms with E-state index in [1.807, 2.05) is 30.3 Å². The fraction of sp³-hybridized carbons (Fsp3) is 0. The molecule has 0 spiro atoms. The first kappa shape index (κ1) is 78.6. The third-order valence-electron chi connectivity index (χ3n) is 26.9. The highest BCUT2D eigenvalue weighted by Crippen LogP contribution is 2.49. The van der Waals surface area contributed by atoms with Crippen LogP contribution in [0.1, 0.15) is 0 Å². The molecule has 0 aliphatic rings. The van der Waals surface area contributed by atoms with Crippen molar-refractivity contribution in [3.8, 4) is 169 Å². The first-order valence-electron chi connectivity index (χ1n) is 46.1. The predicted molar refractivity (Wildman–Crippen MR) is 561 cm³/mol. The van der Waals surface area contributed by atoms with E-state index in [9.17, 15) is 0 Å². The van der Waals surface area contributed by atoms with E-state index in [-0.39, 0.29) is 0 Å². The van der Waals surface area contributed by atoms with Gasteiger partial charge in [0.25, 0.3) is 0 Å². The Hall–Kier alpha value is -18.4. The van der Waals surface area contributed by atoms with Crippen LogP contribution in [0.25, 0.3) is 256 Å². The SMILES string of the molecule is c1ccc(-c2ccc(-c3nc(-c4ccccc4)nc(-n4c5ccccc5c5c6c7ccccc7n(-c7ccccc7-c7cc(-c8ccccc8)cc(-c8ccc(-c9cc(-c%10ccccc%10)cc(-c%10nc(-c%11ccccc%11)nc(-n%11c%12ccccc%12c%12c%13c%14ccccc%14n(-c%14ccccc%14-c%14cc(-c%15ccccc%15)cc(-c%15ccccc%15)c%14)c%13ccc%12%11)n%10)c9)cc8)c7)c6ccc54)n3)cc2)cc1. The number of hydrogen-bond acceptors (Lipinski definition) is 6. The van der Waals surface area contributed by atoms with E-state index in [1.54, 1.807) is 0 Å². The molecule has 0 bridgehead atoms. The van der Waals surface area contributed by atoms with Crippen LogP contribution in [0.15, 0.2) is 485 Å². The quantitative estimate of drug-likeness (QED) is 0.0901. The Morgan fingerprint density at radius 3 is 0.632 bits per heavy atom. The van der Waals surface area contributed by atoms with Gasteiger partial charge in [0.05, 0.1) is 55.5 Å². The summed E-state index contributed by atoms with van der Waals surface area (Å²) >= 11 is 0. The molecule has 0 N–H and O–H groups in total. The van der Waals surface area contributed by atoms with Gasteiger partial charge in [-0.2, -0.15) is 19.9 Å². The van der Waals surface area contributed by atoms with Crippen molar-refractivity contribution in [2.45, 2.75) is 0 Å². The molecule has 0 unspecified atom stereocenters. The van der Waals surface area contributed by atoms with Crippen LogP contribution in [0.5, 0.6) is 0 Å². The largest absolute Gasteiger partial charge is 0.309 e. The van der Waals surface area contributed by atoms with Crippen molar-refractivity contribution in [1.82, 2.24) is 48.2 Å². The summed E-state index contributed by atoms with van der Waals surface area (Å²) in [7, 11) is 0. The van der Waals surface area contributed by atoms with Gasteiger partial charge < -0.3 is 9.13 Å². The van der Waals surface area contributed by atoms with Crippen molar-refractivity contribution in [1.29, 1.82) is 0 Å². The number of aromatic nitrogens is 10. The van der Waals surface area contributed by atoms with Gasteiger partial charge in [-0.05, 0) is 204 Å². The Kier molecular flexibility index (Phi) is 19.0. The molecule has 136 heavy (non-hydrogen) atoms. The highest BCUT2D eigenvalue weighted by molar-refractivity contribution is 6.30. The number of benzene rings is 20. The van der Waals surface area contributed by atoms with Gasteiger partial charge in [-0.3, -0.25) is 9.13 Å². The van der Waals surface area contributed by atoms with E-state index >= 15 is 0 Å². The second-order valence-electron chi connectivity index (χ2n) is 34.8. The van der Waals surface area contributed by atoms with Gasteiger partial charge in [0.1, 0.15) is 0 Å². The van der Waals surface area contributed by atoms with Crippen LogP contribution in [0.2, 0.25) is 0 Å². The van der Waals surface area contributed by atoms with Gasteiger partial charge in [0.15, 0.2) is 23.3 Å². The second kappa shape index (κ2) is 32.9. The summed E-state index contributed by atoms with van der Waals surface area (Å²) in [5, 5.41) is 8.98. The molecular formula is C126H80N10. The van der Waals surface area contributed by atoms with Gasteiger partial charge in [-0.25, -0.2) is 9.97 Å².